The van der Waals surface area contributed by atoms with Gasteiger partial charge in [0.25, 0.3) is 0 Å². The topological polar surface area (TPSA) is 35.5 Å². The molecule has 2 N–H and O–H groups in total. The molecule has 14 heavy (non-hydrogen) atoms. The van der Waals surface area contributed by atoms with Crippen molar-refractivity contribution >= 4 is 0 Å². The minimum absolute atomic E-state index is 0.0283. The molecule has 0 amide bonds. The number of likely N-dealkylation sites (N-methyl/N-ethyl adjacent to an activating group) is 1. The van der Waals surface area contributed by atoms with Gasteiger partial charge in [-0.2, -0.15) is 0 Å². The van der Waals surface area contributed by atoms with Gasteiger partial charge in [-0.15, -0.1) is 0 Å². The molecular formula is C11H26N2O. The van der Waals surface area contributed by atoms with Gasteiger partial charge in [-0.3, -0.25) is 0 Å². The molecule has 0 saturated heterocycles. The Balaban J connectivity index is 3.79. The molecule has 2 unspecified atom stereocenters. The van der Waals surface area contributed by atoms with Crippen LogP contribution >= 0.6 is 0 Å². The Bertz CT molecular complexity index is 144. The largest absolute Gasteiger partial charge is 0.396 e. The maximum atomic E-state index is 9.23. The van der Waals surface area contributed by atoms with Gasteiger partial charge in [-0.05, 0) is 27.4 Å². The number of hydrogen-bond donors (Lipinski definition) is 2. The maximum Gasteiger partial charge on any atom is 0.0496 e. The molecule has 0 aromatic carbocycles. The van der Waals surface area contributed by atoms with E-state index in [2.05, 4.69) is 45.1 Å². The average Bonchev–Trinajstić information content (AvgIpc) is 2.13. The Morgan fingerprint density at radius 2 is 2.00 bits per heavy atom. The number of nitrogens with zero attached hydrogens (tertiary/aromatic N) is 1. The van der Waals surface area contributed by atoms with Crippen LogP contribution in [0, 0.1) is 5.41 Å². The van der Waals surface area contributed by atoms with E-state index in [0.717, 1.165) is 19.5 Å². The first-order chi connectivity index (χ1) is 6.43. The first-order valence-corrected chi connectivity index (χ1v) is 5.42. The van der Waals surface area contributed by atoms with Crippen LogP contribution in [0.1, 0.15) is 27.2 Å². The first kappa shape index (κ1) is 13.9. The molecule has 0 aliphatic rings. The number of nitrogens with one attached hydrogen (secondary N) is 1. The summed E-state index contributed by atoms with van der Waals surface area (Å²) in [5, 5.41) is 12.7. The normalized spacial score (nSPS) is 18.2. The van der Waals surface area contributed by atoms with Crippen LogP contribution in [0.2, 0.25) is 0 Å². The smallest absolute Gasteiger partial charge is 0.0496 e. The summed E-state index contributed by atoms with van der Waals surface area (Å²) >= 11 is 0. The van der Waals surface area contributed by atoms with Crippen molar-refractivity contribution < 1.29 is 5.11 Å². The van der Waals surface area contributed by atoms with Crippen molar-refractivity contribution in [3.05, 3.63) is 0 Å². The summed E-state index contributed by atoms with van der Waals surface area (Å²) in [5.41, 5.74) is 0.0283. The van der Waals surface area contributed by atoms with Crippen LogP contribution in [0.25, 0.3) is 0 Å². The van der Waals surface area contributed by atoms with Crippen molar-refractivity contribution in [1.29, 1.82) is 0 Å². The Labute approximate surface area is 88.5 Å². The molecule has 0 radical (unpaired) electrons. The van der Waals surface area contributed by atoms with Crippen molar-refractivity contribution in [1.82, 2.24) is 10.2 Å². The van der Waals surface area contributed by atoms with Gasteiger partial charge in [0.05, 0.1) is 0 Å². The highest BCUT2D eigenvalue weighted by molar-refractivity contribution is 4.76. The number of hydrogen-bond acceptors (Lipinski definition) is 3. The van der Waals surface area contributed by atoms with E-state index in [1.54, 1.807) is 0 Å². The maximum absolute atomic E-state index is 9.23. The Kier molecular flexibility index (Phi) is 6.33. The summed E-state index contributed by atoms with van der Waals surface area (Å²) in [7, 11) is 4.15. The lowest BCUT2D eigenvalue weighted by Gasteiger charge is -2.28. The fourth-order valence-electron chi connectivity index (χ4n) is 1.33. The molecule has 0 spiro atoms. The first-order valence-electron chi connectivity index (χ1n) is 5.42. The van der Waals surface area contributed by atoms with Gasteiger partial charge in [0.2, 0.25) is 0 Å². The SMILES string of the molecule is CCC(C)(CO)CNC(C)CN(C)C. The predicted molar refractivity (Wildman–Crippen MR) is 61.5 cm³/mol. The highest BCUT2D eigenvalue weighted by Gasteiger charge is 2.21. The van der Waals surface area contributed by atoms with Crippen LogP contribution in [0.5, 0.6) is 0 Å². The van der Waals surface area contributed by atoms with Crippen LogP contribution in [0.3, 0.4) is 0 Å². The predicted octanol–water partition coefficient (Wildman–Crippen LogP) is 0.935. The summed E-state index contributed by atoms with van der Waals surface area (Å²) in [5.74, 6) is 0. The molecular weight excluding hydrogens is 176 g/mol. The van der Waals surface area contributed by atoms with E-state index in [4.69, 9.17) is 0 Å². The Morgan fingerprint density at radius 1 is 1.43 bits per heavy atom. The highest BCUT2D eigenvalue weighted by atomic mass is 16.3. The summed E-state index contributed by atoms with van der Waals surface area (Å²) in [6, 6.07) is 0.474. The van der Waals surface area contributed by atoms with E-state index < -0.39 is 0 Å². The molecule has 0 aromatic rings. The summed E-state index contributed by atoms with van der Waals surface area (Å²) in [6.07, 6.45) is 1.01. The van der Waals surface area contributed by atoms with Crippen molar-refractivity contribution in [2.45, 2.75) is 33.2 Å². The fraction of sp³-hybridized carbons (Fsp3) is 1.00. The highest BCUT2D eigenvalue weighted by Crippen LogP contribution is 2.18. The Morgan fingerprint density at radius 3 is 2.36 bits per heavy atom. The van der Waals surface area contributed by atoms with Gasteiger partial charge in [-0.1, -0.05) is 13.8 Å². The van der Waals surface area contributed by atoms with Gasteiger partial charge >= 0.3 is 0 Å². The van der Waals surface area contributed by atoms with Gasteiger partial charge in [0, 0.05) is 31.2 Å². The van der Waals surface area contributed by atoms with Crippen molar-refractivity contribution in [3.63, 3.8) is 0 Å². The standard InChI is InChI=1S/C11H26N2O/c1-6-11(3,9-14)8-12-10(2)7-13(4)5/h10,12,14H,6-9H2,1-5H3. The van der Waals surface area contributed by atoms with Crippen LogP contribution in [0.15, 0.2) is 0 Å². The third-order valence-electron chi connectivity index (χ3n) is 2.75. The lowest BCUT2D eigenvalue weighted by molar-refractivity contribution is 0.130. The second-order valence-corrected chi connectivity index (χ2v) is 4.87. The zero-order valence-corrected chi connectivity index (χ0v) is 10.3. The fourth-order valence-corrected chi connectivity index (χ4v) is 1.33. The average molecular weight is 202 g/mol. The van der Waals surface area contributed by atoms with E-state index in [9.17, 15) is 5.11 Å². The number of rotatable bonds is 7. The zero-order valence-electron chi connectivity index (χ0n) is 10.3. The molecule has 0 aliphatic carbocycles. The zero-order chi connectivity index (χ0) is 11.2. The third-order valence-corrected chi connectivity index (χ3v) is 2.75. The molecule has 0 aliphatic heterocycles. The second-order valence-electron chi connectivity index (χ2n) is 4.87. The van der Waals surface area contributed by atoms with Crippen LogP contribution in [-0.2, 0) is 0 Å². The minimum Gasteiger partial charge on any atom is -0.396 e. The second kappa shape index (κ2) is 6.38. The van der Waals surface area contributed by atoms with E-state index >= 15 is 0 Å². The van der Waals surface area contributed by atoms with Crippen LogP contribution < -0.4 is 5.32 Å². The molecule has 0 aromatic heterocycles. The third kappa shape index (κ3) is 5.58. The molecule has 0 saturated carbocycles. The van der Waals surface area contributed by atoms with E-state index in [1.165, 1.54) is 0 Å². The lowest BCUT2D eigenvalue weighted by Crippen LogP contribution is -2.42. The van der Waals surface area contributed by atoms with Gasteiger partial charge < -0.3 is 15.3 Å². The summed E-state index contributed by atoms with van der Waals surface area (Å²) in [6.45, 7) is 8.58. The molecule has 0 rings (SSSR count). The molecule has 3 heteroatoms. The molecule has 3 nitrogen and oxygen atoms in total. The quantitative estimate of drug-likeness (QED) is 0.645. The molecule has 0 heterocycles. The van der Waals surface area contributed by atoms with Gasteiger partial charge in [0.1, 0.15) is 0 Å². The van der Waals surface area contributed by atoms with E-state index in [0.29, 0.717) is 6.04 Å². The van der Waals surface area contributed by atoms with E-state index in [1.807, 2.05) is 0 Å². The van der Waals surface area contributed by atoms with Gasteiger partial charge in [0.15, 0.2) is 0 Å². The summed E-state index contributed by atoms with van der Waals surface area (Å²) in [4.78, 5) is 2.17. The van der Waals surface area contributed by atoms with Gasteiger partial charge in [-0.25, -0.2) is 0 Å². The van der Waals surface area contributed by atoms with Crippen molar-refractivity contribution in [3.8, 4) is 0 Å². The Hall–Kier alpha value is -0.120. The molecule has 86 valence electrons. The molecule has 0 fully saturated rings. The minimum atomic E-state index is 0.0283. The molecule has 0 bridgehead atoms. The van der Waals surface area contributed by atoms with E-state index in [-0.39, 0.29) is 12.0 Å². The van der Waals surface area contributed by atoms with Crippen LogP contribution in [0.4, 0.5) is 0 Å². The van der Waals surface area contributed by atoms with Crippen molar-refractivity contribution in [2.75, 3.05) is 33.8 Å². The number of aliphatic hydroxyl groups excluding tert-OH is 1. The molecule has 2 atom stereocenters. The lowest BCUT2D eigenvalue weighted by atomic mass is 9.88. The summed E-state index contributed by atoms with van der Waals surface area (Å²) < 4.78 is 0. The van der Waals surface area contributed by atoms with Crippen molar-refractivity contribution in [2.24, 2.45) is 5.41 Å². The monoisotopic (exact) mass is 202 g/mol. The van der Waals surface area contributed by atoms with Crippen LogP contribution in [-0.4, -0.2) is 49.8 Å². The number of aliphatic hydroxyl groups is 1.